The second-order valence-electron chi connectivity index (χ2n) is 5.15. The van der Waals surface area contributed by atoms with Gasteiger partial charge >= 0.3 is 0 Å². The molecule has 0 saturated carbocycles. The molecule has 1 aliphatic rings. The van der Waals surface area contributed by atoms with Crippen molar-refractivity contribution in [1.82, 2.24) is 0 Å². The van der Waals surface area contributed by atoms with Crippen molar-refractivity contribution in [3.63, 3.8) is 0 Å². The molecule has 0 atom stereocenters. The third-order valence-electron chi connectivity index (χ3n) is 2.82. The minimum absolute atomic E-state index is 0.0868. The molecule has 1 heterocycles. The number of ether oxygens (including phenoxy) is 1. The molecule has 0 fully saturated rings. The third kappa shape index (κ3) is 2.14. The molecular formula is C13H15BrO2. The fraction of sp³-hybridized carbons (Fsp3) is 0.462. The molecule has 0 N–H and O–H groups in total. The molecule has 3 heteroatoms. The minimum Gasteiger partial charge on any atom is -0.492 e. The zero-order valence-corrected chi connectivity index (χ0v) is 11.3. The first kappa shape index (κ1) is 11.6. The maximum Gasteiger partial charge on any atom is 0.167 e. The van der Waals surface area contributed by atoms with Gasteiger partial charge < -0.3 is 4.74 Å². The number of rotatable bonds is 0. The zero-order valence-electron chi connectivity index (χ0n) is 9.76. The molecule has 2 nitrogen and oxygen atoms in total. The standard InChI is InChI=1S/C13H15BrO2/c1-8-4-9-11(15)6-13(2,3)7-16-12(9)5-10(8)14/h4-5H,6-7H2,1-3H3. The summed E-state index contributed by atoms with van der Waals surface area (Å²) in [5, 5.41) is 0. The van der Waals surface area contributed by atoms with Gasteiger partial charge in [0.1, 0.15) is 5.75 Å². The number of carbonyl (C=O) groups excluding carboxylic acids is 1. The Morgan fingerprint density at radius 2 is 2.06 bits per heavy atom. The number of carbonyl (C=O) groups is 1. The van der Waals surface area contributed by atoms with Gasteiger partial charge in [0.05, 0.1) is 12.2 Å². The van der Waals surface area contributed by atoms with Gasteiger partial charge in [-0.05, 0) is 24.6 Å². The highest BCUT2D eigenvalue weighted by molar-refractivity contribution is 9.10. The maximum absolute atomic E-state index is 12.1. The van der Waals surface area contributed by atoms with Gasteiger partial charge in [-0.2, -0.15) is 0 Å². The Morgan fingerprint density at radius 1 is 1.38 bits per heavy atom. The molecule has 0 radical (unpaired) electrons. The summed E-state index contributed by atoms with van der Waals surface area (Å²) in [4.78, 5) is 12.1. The average Bonchev–Trinajstić information content (AvgIpc) is 2.27. The highest BCUT2D eigenvalue weighted by Crippen LogP contribution is 2.35. The van der Waals surface area contributed by atoms with Crippen LogP contribution >= 0.6 is 15.9 Å². The van der Waals surface area contributed by atoms with Crippen molar-refractivity contribution < 1.29 is 9.53 Å². The van der Waals surface area contributed by atoms with E-state index in [2.05, 4.69) is 29.8 Å². The fourth-order valence-corrected chi connectivity index (χ4v) is 2.18. The van der Waals surface area contributed by atoms with Gasteiger partial charge in [0.15, 0.2) is 5.78 Å². The first-order valence-electron chi connectivity index (χ1n) is 5.35. The van der Waals surface area contributed by atoms with E-state index in [1.807, 2.05) is 19.1 Å². The van der Waals surface area contributed by atoms with E-state index >= 15 is 0 Å². The lowest BCUT2D eigenvalue weighted by Gasteiger charge is -2.19. The highest BCUT2D eigenvalue weighted by Gasteiger charge is 2.29. The van der Waals surface area contributed by atoms with Crippen molar-refractivity contribution in [2.45, 2.75) is 27.2 Å². The number of hydrogen-bond donors (Lipinski definition) is 0. The van der Waals surface area contributed by atoms with Gasteiger partial charge in [0, 0.05) is 16.3 Å². The molecule has 0 aromatic heterocycles. The molecule has 86 valence electrons. The molecule has 1 aromatic rings. The Morgan fingerprint density at radius 3 is 2.75 bits per heavy atom. The molecule has 1 aliphatic heterocycles. The summed E-state index contributed by atoms with van der Waals surface area (Å²) in [5.41, 5.74) is 1.69. The van der Waals surface area contributed by atoms with E-state index in [4.69, 9.17) is 4.74 Å². The van der Waals surface area contributed by atoms with Crippen molar-refractivity contribution in [3.8, 4) is 5.75 Å². The second kappa shape index (κ2) is 3.88. The van der Waals surface area contributed by atoms with Crippen LogP contribution in [0.3, 0.4) is 0 Å². The number of ketones is 1. The number of Topliss-reactive ketones (excluding diaryl/α,β-unsaturated/α-hetero) is 1. The molecule has 0 amide bonds. The minimum atomic E-state index is -0.0868. The number of halogens is 1. The van der Waals surface area contributed by atoms with Crippen LogP contribution in [0, 0.1) is 12.3 Å². The number of hydrogen-bond acceptors (Lipinski definition) is 2. The smallest absolute Gasteiger partial charge is 0.167 e. The molecule has 0 saturated heterocycles. The lowest BCUT2D eigenvalue weighted by molar-refractivity contribution is 0.0918. The molecule has 1 aromatic carbocycles. The Balaban J connectivity index is 2.49. The summed E-state index contributed by atoms with van der Waals surface area (Å²) < 4.78 is 6.70. The normalized spacial score (nSPS) is 18.6. The van der Waals surface area contributed by atoms with E-state index in [0.717, 1.165) is 10.0 Å². The fourth-order valence-electron chi connectivity index (χ4n) is 1.85. The first-order chi connectivity index (χ1) is 7.39. The van der Waals surface area contributed by atoms with Gasteiger partial charge in [-0.15, -0.1) is 0 Å². The van der Waals surface area contributed by atoms with Crippen molar-refractivity contribution in [2.75, 3.05) is 6.61 Å². The monoisotopic (exact) mass is 282 g/mol. The van der Waals surface area contributed by atoms with Crippen LogP contribution in [0.2, 0.25) is 0 Å². The van der Waals surface area contributed by atoms with Crippen molar-refractivity contribution >= 4 is 21.7 Å². The summed E-state index contributed by atoms with van der Waals surface area (Å²) in [5.74, 6) is 0.876. The number of fused-ring (bicyclic) bond motifs is 1. The van der Waals surface area contributed by atoms with Crippen LogP contribution < -0.4 is 4.74 Å². The molecule has 2 rings (SSSR count). The second-order valence-corrected chi connectivity index (χ2v) is 6.00. The van der Waals surface area contributed by atoms with E-state index in [1.54, 1.807) is 0 Å². The van der Waals surface area contributed by atoms with Gasteiger partial charge in [-0.1, -0.05) is 29.8 Å². The highest BCUT2D eigenvalue weighted by atomic mass is 79.9. The Kier molecular flexibility index (Phi) is 2.82. The van der Waals surface area contributed by atoms with E-state index in [0.29, 0.717) is 24.3 Å². The zero-order chi connectivity index (χ0) is 11.9. The molecular weight excluding hydrogens is 268 g/mol. The van der Waals surface area contributed by atoms with Crippen molar-refractivity contribution in [3.05, 3.63) is 27.7 Å². The molecule has 0 unspecified atom stereocenters. The van der Waals surface area contributed by atoms with Crippen molar-refractivity contribution in [1.29, 1.82) is 0 Å². The predicted molar refractivity (Wildman–Crippen MR) is 67.1 cm³/mol. The first-order valence-corrected chi connectivity index (χ1v) is 6.14. The van der Waals surface area contributed by atoms with Crippen LogP contribution in [0.1, 0.15) is 36.2 Å². The summed E-state index contributed by atoms with van der Waals surface area (Å²) in [6.07, 6.45) is 0.543. The lowest BCUT2D eigenvalue weighted by Crippen LogP contribution is -2.21. The third-order valence-corrected chi connectivity index (χ3v) is 3.67. The summed E-state index contributed by atoms with van der Waals surface area (Å²) >= 11 is 3.46. The van der Waals surface area contributed by atoms with Crippen LogP contribution in [0.25, 0.3) is 0 Å². The molecule has 0 spiro atoms. The van der Waals surface area contributed by atoms with E-state index in [9.17, 15) is 4.79 Å². The quantitative estimate of drug-likeness (QED) is 0.725. The van der Waals surface area contributed by atoms with E-state index in [1.165, 1.54) is 0 Å². The van der Waals surface area contributed by atoms with Gasteiger partial charge in [-0.25, -0.2) is 0 Å². The van der Waals surface area contributed by atoms with Gasteiger partial charge in [-0.3, -0.25) is 4.79 Å². The van der Waals surface area contributed by atoms with Crippen LogP contribution in [-0.4, -0.2) is 12.4 Å². The topological polar surface area (TPSA) is 26.3 Å². The van der Waals surface area contributed by atoms with Crippen LogP contribution in [0.4, 0.5) is 0 Å². The lowest BCUT2D eigenvalue weighted by atomic mass is 9.87. The van der Waals surface area contributed by atoms with Crippen LogP contribution in [0.5, 0.6) is 5.75 Å². The summed E-state index contributed by atoms with van der Waals surface area (Å²) in [7, 11) is 0. The Hall–Kier alpha value is -0.830. The molecule has 0 bridgehead atoms. The van der Waals surface area contributed by atoms with E-state index in [-0.39, 0.29) is 11.2 Å². The molecule has 16 heavy (non-hydrogen) atoms. The number of aryl methyl sites for hydroxylation is 1. The van der Waals surface area contributed by atoms with Crippen molar-refractivity contribution in [2.24, 2.45) is 5.41 Å². The Labute approximate surface area is 104 Å². The SMILES string of the molecule is Cc1cc2c(cc1Br)OCC(C)(C)CC2=O. The van der Waals surface area contributed by atoms with Gasteiger partial charge in [0.2, 0.25) is 0 Å². The van der Waals surface area contributed by atoms with E-state index < -0.39 is 0 Å². The Bertz CT molecular complexity index is 449. The maximum atomic E-state index is 12.1. The largest absolute Gasteiger partial charge is 0.492 e. The van der Waals surface area contributed by atoms with Crippen LogP contribution in [0.15, 0.2) is 16.6 Å². The molecule has 0 aliphatic carbocycles. The number of benzene rings is 1. The summed E-state index contributed by atoms with van der Waals surface area (Å²) in [6.45, 7) is 6.67. The predicted octanol–water partition coefficient (Wildman–Crippen LogP) is 3.75. The summed E-state index contributed by atoms with van der Waals surface area (Å²) in [6, 6.07) is 3.80. The van der Waals surface area contributed by atoms with Crippen LogP contribution in [-0.2, 0) is 0 Å². The average molecular weight is 283 g/mol. The van der Waals surface area contributed by atoms with Gasteiger partial charge in [0.25, 0.3) is 0 Å².